The summed E-state index contributed by atoms with van der Waals surface area (Å²) in [7, 11) is 1.54. The SMILES string of the molecule is COc1ccccc1C(=O)Nc1cnn(-c2ncncc2N2CCSCC2)c1. The molecule has 1 amide bonds. The first-order chi connectivity index (χ1) is 13.8. The van der Waals surface area contributed by atoms with Crippen molar-refractivity contribution in [2.75, 3.05) is 41.9 Å². The number of methoxy groups -OCH3 is 1. The number of hydrogen-bond donors (Lipinski definition) is 1. The molecule has 1 aromatic carbocycles. The molecule has 1 fully saturated rings. The Bertz CT molecular complexity index is 970. The summed E-state index contributed by atoms with van der Waals surface area (Å²) in [5.41, 5.74) is 1.98. The smallest absolute Gasteiger partial charge is 0.259 e. The van der Waals surface area contributed by atoms with Crippen LogP contribution in [0.1, 0.15) is 10.4 Å². The molecule has 8 nitrogen and oxygen atoms in total. The summed E-state index contributed by atoms with van der Waals surface area (Å²) >= 11 is 1.94. The molecule has 0 aliphatic carbocycles. The molecule has 0 bridgehead atoms. The average Bonchev–Trinajstić information content (AvgIpc) is 3.22. The van der Waals surface area contributed by atoms with Crippen molar-refractivity contribution in [3.63, 3.8) is 0 Å². The van der Waals surface area contributed by atoms with Crippen LogP contribution in [0.4, 0.5) is 11.4 Å². The van der Waals surface area contributed by atoms with Crippen molar-refractivity contribution < 1.29 is 9.53 Å². The summed E-state index contributed by atoms with van der Waals surface area (Å²) in [4.78, 5) is 23.4. The van der Waals surface area contributed by atoms with Gasteiger partial charge in [-0.1, -0.05) is 12.1 Å². The van der Waals surface area contributed by atoms with Crippen molar-refractivity contribution in [1.82, 2.24) is 19.7 Å². The fourth-order valence-electron chi connectivity index (χ4n) is 3.05. The van der Waals surface area contributed by atoms with Gasteiger partial charge in [-0.05, 0) is 12.1 Å². The highest BCUT2D eigenvalue weighted by Crippen LogP contribution is 2.25. The van der Waals surface area contributed by atoms with Gasteiger partial charge in [0.1, 0.15) is 17.8 Å². The van der Waals surface area contributed by atoms with Crippen molar-refractivity contribution in [2.45, 2.75) is 0 Å². The van der Waals surface area contributed by atoms with Crippen molar-refractivity contribution in [1.29, 1.82) is 0 Å². The van der Waals surface area contributed by atoms with Gasteiger partial charge in [-0.25, -0.2) is 14.6 Å². The Kier molecular flexibility index (Phi) is 5.43. The second kappa shape index (κ2) is 8.30. The highest BCUT2D eigenvalue weighted by Gasteiger charge is 2.18. The number of ether oxygens (including phenoxy) is 1. The van der Waals surface area contributed by atoms with Crippen LogP contribution >= 0.6 is 11.8 Å². The molecule has 2 aromatic heterocycles. The molecule has 3 aromatic rings. The van der Waals surface area contributed by atoms with Gasteiger partial charge in [0.2, 0.25) is 0 Å². The third-order valence-corrected chi connectivity index (χ3v) is 5.38. The second-order valence-electron chi connectivity index (χ2n) is 6.16. The highest BCUT2D eigenvalue weighted by molar-refractivity contribution is 7.99. The number of nitrogens with one attached hydrogen (secondary N) is 1. The van der Waals surface area contributed by atoms with E-state index in [0.717, 1.165) is 30.3 Å². The number of nitrogens with zero attached hydrogens (tertiary/aromatic N) is 5. The van der Waals surface area contributed by atoms with E-state index in [-0.39, 0.29) is 5.91 Å². The minimum absolute atomic E-state index is 0.257. The molecule has 1 N–H and O–H groups in total. The van der Waals surface area contributed by atoms with E-state index in [1.54, 1.807) is 42.4 Å². The topological polar surface area (TPSA) is 85.2 Å². The van der Waals surface area contributed by atoms with Crippen LogP contribution in [0.3, 0.4) is 0 Å². The van der Waals surface area contributed by atoms with Crippen LogP contribution < -0.4 is 15.0 Å². The van der Waals surface area contributed by atoms with Crippen molar-refractivity contribution in [2.24, 2.45) is 0 Å². The normalized spacial score (nSPS) is 14.0. The largest absolute Gasteiger partial charge is 0.496 e. The lowest BCUT2D eigenvalue weighted by Gasteiger charge is -2.29. The third-order valence-electron chi connectivity index (χ3n) is 4.43. The number of rotatable bonds is 5. The van der Waals surface area contributed by atoms with E-state index in [0.29, 0.717) is 22.8 Å². The molecular formula is C19H20N6O2S. The minimum Gasteiger partial charge on any atom is -0.496 e. The predicted octanol–water partition coefficient (Wildman–Crippen LogP) is 2.48. The Morgan fingerprint density at radius 3 is 2.86 bits per heavy atom. The number of benzene rings is 1. The Labute approximate surface area is 166 Å². The minimum atomic E-state index is -0.257. The van der Waals surface area contributed by atoms with Crippen molar-refractivity contribution in [3.05, 3.63) is 54.7 Å². The highest BCUT2D eigenvalue weighted by atomic mass is 32.2. The first kappa shape index (κ1) is 18.3. The number of anilines is 2. The number of carbonyl (C=O) groups is 1. The van der Waals surface area contributed by atoms with Gasteiger partial charge in [-0.15, -0.1) is 0 Å². The van der Waals surface area contributed by atoms with E-state index in [1.807, 2.05) is 24.0 Å². The molecule has 3 heterocycles. The lowest BCUT2D eigenvalue weighted by molar-refractivity contribution is 0.102. The lowest BCUT2D eigenvalue weighted by atomic mass is 10.2. The standard InChI is InChI=1S/C19H20N6O2S/c1-27-17-5-3-2-4-15(17)19(26)23-14-10-22-25(12-14)18-16(11-20-13-21-18)24-6-8-28-9-7-24/h2-5,10-13H,6-9H2,1H3,(H,23,26). The molecule has 1 aliphatic rings. The summed E-state index contributed by atoms with van der Waals surface area (Å²) in [6.07, 6.45) is 6.67. The molecule has 4 rings (SSSR count). The number of para-hydroxylation sites is 1. The van der Waals surface area contributed by atoms with Gasteiger partial charge in [0.25, 0.3) is 5.91 Å². The number of aromatic nitrogens is 4. The van der Waals surface area contributed by atoms with E-state index in [1.165, 1.54) is 6.33 Å². The van der Waals surface area contributed by atoms with E-state index in [2.05, 4.69) is 25.3 Å². The van der Waals surface area contributed by atoms with Crippen LogP contribution in [0.15, 0.2) is 49.2 Å². The van der Waals surface area contributed by atoms with Crippen LogP contribution in [-0.4, -0.2) is 57.4 Å². The van der Waals surface area contributed by atoms with E-state index in [9.17, 15) is 4.79 Å². The maximum atomic E-state index is 12.6. The number of thioether (sulfide) groups is 1. The fraction of sp³-hybridized carbons (Fsp3) is 0.263. The van der Waals surface area contributed by atoms with Gasteiger partial charge in [0.15, 0.2) is 5.82 Å². The van der Waals surface area contributed by atoms with Gasteiger partial charge in [-0.2, -0.15) is 16.9 Å². The first-order valence-corrected chi connectivity index (χ1v) is 10.0. The summed E-state index contributed by atoms with van der Waals surface area (Å²) in [6.45, 7) is 1.90. The Morgan fingerprint density at radius 1 is 1.21 bits per heavy atom. The first-order valence-electron chi connectivity index (χ1n) is 8.88. The number of carbonyl (C=O) groups excluding carboxylic acids is 1. The fourth-order valence-corrected chi connectivity index (χ4v) is 3.96. The molecular weight excluding hydrogens is 376 g/mol. The van der Waals surface area contributed by atoms with Crippen LogP contribution in [0.25, 0.3) is 5.82 Å². The molecule has 1 saturated heterocycles. The Balaban J connectivity index is 1.56. The van der Waals surface area contributed by atoms with Crippen LogP contribution in [0, 0.1) is 0 Å². The Morgan fingerprint density at radius 2 is 2.04 bits per heavy atom. The van der Waals surface area contributed by atoms with Gasteiger partial charge in [-0.3, -0.25) is 4.79 Å². The summed E-state index contributed by atoms with van der Waals surface area (Å²) in [5.74, 6) is 3.11. The molecule has 1 aliphatic heterocycles. The molecule has 0 saturated carbocycles. The van der Waals surface area contributed by atoms with E-state index in [4.69, 9.17) is 4.74 Å². The average molecular weight is 396 g/mol. The van der Waals surface area contributed by atoms with Crippen LogP contribution in [0.2, 0.25) is 0 Å². The molecule has 144 valence electrons. The molecule has 0 radical (unpaired) electrons. The predicted molar refractivity (Wildman–Crippen MR) is 110 cm³/mol. The molecule has 28 heavy (non-hydrogen) atoms. The second-order valence-corrected chi connectivity index (χ2v) is 7.38. The van der Waals surface area contributed by atoms with Crippen molar-refractivity contribution >= 4 is 29.0 Å². The summed E-state index contributed by atoms with van der Waals surface area (Å²) in [5, 5.41) is 7.24. The molecule has 0 spiro atoms. The van der Waals surface area contributed by atoms with E-state index >= 15 is 0 Å². The quantitative estimate of drug-likeness (QED) is 0.709. The van der Waals surface area contributed by atoms with Gasteiger partial charge < -0.3 is 15.0 Å². The van der Waals surface area contributed by atoms with Crippen LogP contribution in [0.5, 0.6) is 5.75 Å². The van der Waals surface area contributed by atoms with Gasteiger partial charge in [0, 0.05) is 24.6 Å². The summed E-state index contributed by atoms with van der Waals surface area (Å²) < 4.78 is 6.92. The van der Waals surface area contributed by atoms with Gasteiger partial charge in [0.05, 0.1) is 37.0 Å². The van der Waals surface area contributed by atoms with Crippen LogP contribution in [-0.2, 0) is 0 Å². The molecule has 9 heteroatoms. The molecule has 0 unspecified atom stereocenters. The number of hydrogen-bond acceptors (Lipinski definition) is 7. The zero-order valence-electron chi connectivity index (χ0n) is 15.4. The Hall–Kier alpha value is -3.07. The third kappa shape index (κ3) is 3.79. The zero-order chi connectivity index (χ0) is 19.3. The van der Waals surface area contributed by atoms with Gasteiger partial charge >= 0.3 is 0 Å². The number of amides is 1. The lowest BCUT2D eigenvalue weighted by Crippen LogP contribution is -2.33. The molecule has 0 atom stereocenters. The van der Waals surface area contributed by atoms with Crippen molar-refractivity contribution in [3.8, 4) is 11.6 Å². The zero-order valence-corrected chi connectivity index (χ0v) is 16.2. The van der Waals surface area contributed by atoms with E-state index < -0.39 is 0 Å². The maximum absolute atomic E-state index is 12.6. The summed E-state index contributed by atoms with van der Waals surface area (Å²) in [6, 6.07) is 7.09. The maximum Gasteiger partial charge on any atom is 0.259 e. The monoisotopic (exact) mass is 396 g/mol.